The zero-order valence-electron chi connectivity index (χ0n) is 19.4. The molecule has 2 atom stereocenters. The minimum Gasteiger partial charge on any atom is -0.350 e. The van der Waals surface area contributed by atoms with Crippen molar-refractivity contribution in [1.82, 2.24) is 15.6 Å². The Morgan fingerprint density at radius 1 is 1.12 bits per heavy atom. The Balaban J connectivity index is 1.77. The quantitative estimate of drug-likeness (QED) is 0.416. The molecule has 2 amide bonds. The number of benzene rings is 2. The van der Waals surface area contributed by atoms with Crippen molar-refractivity contribution < 1.29 is 9.59 Å². The number of nitrogens with zero attached hydrogens (tertiary/aromatic N) is 2. The summed E-state index contributed by atoms with van der Waals surface area (Å²) in [6, 6.07) is 18.3. The van der Waals surface area contributed by atoms with Gasteiger partial charge in [-0.15, -0.1) is 11.3 Å². The number of nitriles is 1. The Bertz CT molecular complexity index is 1170. The average molecular weight is 476 g/mol. The van der Waals surface area contributed by atoms with E-state index in [2.05, 4.69) is 21.7 Å². The number of aryl methyl sites for hydroxylation is 1. The van der Waals surface area contributed by atoms with Gasteiger partial charge in [0.1, 0.15) is 6.04 Å². The number of nitrogens with one attached hydrogen (secondary N) is 2. The van der Waals surface area contributed by atoms with E-state index in [1.165, 1.54) is 11.3 Å². The van der Waals surface area contributed by atoms with Crippen LogP contribution in [0.2, 0.25) is 0 Å². The van der Waals surface area contributed by atoms with Crippen LogP contribution in [-0.2, 0) is 22.4 Å². The summed E-state index contributed by atoms with van der Waals surface area (Å²) in [4.78, 5) is 30.9. The van der Waals surface area contributed by atoms with Crippen LogP contribution in [0.4, 0.5) is 0 Å². The van der Waals surface area contributed by atoms with Crippen molar-refractivity contribution in [3.05, 3.63) is 76.4 Å². The molecule has 0 saturated heterocycles. The largest absolute Gasteiger partial charge is 0.350 e. The van der Waals surface area contributed by atoms with Gasteiger partial charge in [-0.05, 0) is 36.6 Å². The first kappa shape index (κ1) is 25.1. The number of rotatable bonds is 10. The van der Waals surface area contributed by atoms with Gasteiger partial charge in [0.25, 0.3) is 0 Å². The summed E-state index contributed by atoms with van der Waals surface area (Å²) in [5.74, 6) is -0.489. The summed E-state index contributed by atoms with van der Waals surface area (Å²) < 4.78 is 0. The normalized spacial score (nSPS) is 12.4. The van der Waals surface area contributed by atoms with Crippen molar-refractivity contribution in [2.75, 3.05) is 6.54 Å². The van der Waals surface area contributed by atoms with Crippen LogP contribution in [0.5, 0.6) is 0 Å². The molecule has 176 valence electrons. The number of nitrogens with two attached hydrogens (primary N) is 1. The summed E-state index contributed by atoms with van der Waals surface area (Å²) >= 11 is 1.46. The van der Waals surface area contributed by atoms with E-state index < -0.39 is 6.04 Å². The smallest absolute Gasteiger partial charge is 0.243 e. The third kappa shape index (κ3) is 6.73. The van der Waals surface area contributed by atoms with Gasteiger partial charge in [-0.2, -0.15) is 5.26 Å². The van der Waals surface area contributed by atoms with Crippen LogP contribution < -0.4 is 16.4 Å². The van der Waals surface area contributed by atoms with Crippen molar-refractivity contribution in [3.8, 4) is 16.5 Å². The molecule has 8 heteroatoms. The number of amides is 2. The number of thiazole rings is 1. The van der Waals surface area contributed by atoms with Gasteiger partial charge in [0.15, 0.2) is 0 Å². The van der Waals surface area contributed by atoms with Crippen molar-refractivity contribution in [3.63, 3.8) is 0 Å². The molecule has 0 bridgehead atoms. The topological polar surface area (TPSA) is 121 Å². The van der Waals surface area contributed by atoms with Gasteiger partial charge in [-0.25, -0.2) is 4.98 Å². The Morgan fingerprint density at radius 3 is 2.56 bits per heavy atom. The predicted molar refractivity (Wildman–Crippen MR) is 134 cm³/mol. The molecule has 0 fully saturated rings. The van der Waals surface area contributed by atoms with Gasteiger partial charge in [-0.1, -0.05) is 49.4 Å². The first-order valence-corrected chi connectivity index (χ1v) is 12.1. The van der Waals surface area contributed by atoms with Crippen LogP contribution in [0.3, 0.4) is 0 Å². The molecule has 0 saturated carbocycles. The maximum absolute atomic E-state index is 13.2. The van der Waals surface area contributed by atoms with Gasteiger partial charge in [-0.3, -0.25) is 9.59 Å². The zero-order valence-corrected chi connectivity index (χ0v) is 20.2. The number of hydrogen-bond donors (Lipinski definition) is 3. The maximum atomic E-state index is 13.2. The van der Waals surface area contributed by atoms with E-state index in [1.807, 2.05) is 55.5 Å². The van der Waals surface area contributed by atoms with Crippen molar-refractivity contribution in [2.24, 2.45) is 5.73 Å². The van der Waals surface area contributed by atoms with E-state index in [0.717, 1.165) is 26.7 Å². The van der Waals surface area contributed by atoms with Gasteiger partial charge < -0.3 is 16.4 Å². The van der Waals surface area contributed by atoms with Gasteiger partial charge in [0.2, 0.25) is 11.8 Å². The lowest BCUT2D eigenvalue weighted by molar-refractivity contribution is -0.129. The predicted octanol–water partition coefficient (Wildman–Crippen LogP) is 3.11. The monoisotopic (exact) mass is 475 g/mol. The third-order valence-electron chi connectivity index (χ3n) is 5.40. The van der Waals surface area contributed by atoms with Crippen LogP contribution in [0.25, 0.3) is 10.4 Å². The standard InChI is InChI=1S/C26H29N5O2S/c1-3-23(32)31-22(26(33)30-21(16-28)13-18-8-5-4-6-9-18)14-24-29-17(2)25(34-24)20-11-7-10-19(12-20)15-27/h4-12,21-22H,3,13-14,16,28H2,1-2H3,(H,30,33)(H,31,32)/t21-,22-/m0/s1. The van der Waals surface area contributed by atoms with Gasteiger partial charge in [0, 0.05) is 25.4 Å². The first-order valence-electron chi connectivity index (χ1n) is 11.2. The molecule has 1 aromatic heterocycles. The molecule has 1 heterocycles. The Kier molecular flexibility index (Phi) is 8.91. The number of hydrogen-bond acceptors (Lipinski definition) is 6. The Hall–Kier alpha value is -3.54. The van der Waals surface area contributed by atoms with Crippen LogP contribution >= 0.6 is 11.3 Å². The SMILES string of the molecule is CCC(=O)N[C@@H](Cc1nc(C)c(-c2cccc(C#N)c2)s1)C(=O)N[C@H](CN)Cc1ccccc1. The Morgan fingerprint density at radius 2 is 1.88 bits per heavy atom. The summed E-state index contributed by atoms with van der Waals surface area (Å²) in [7, 11) is 0. The summed E-state index contributed by atoms with van der Waals surface area (Å²) in [6.07, 6.45) is 1.15. The fraction of sp³-hybridized carbons (Fsp3) is 0.308. The van der Waals surface area contributed by atoms with Crippen LogP contribution in [0.1, 0.15) is 35.2 Å². The van der Waals surface area contributed by atoms with Crippen molar-refractivity contribution in [2.45, 2.75) is 45.2 Å². The molecule has 0 aliphatic heterocycles. The highest BCUT2D eigenvalue weighted by Crippen LogP contribution is 2.31. The molecule has 7 nitrogen and oxygen atoms in total. The molecule has 4 N–H and O–H groups in total. The van der Waals surface area contributed by atoms with E-state index in [1.54, 1.807) is 13.0 Å². The molecule has 0 spiro atoms. The maximum Gasteiger partial charge on any atom is 0.243 e. The summed E-state index contributed by atoms with van der Waals surface area (Å²) in [6.45, 7) is 3.93. The fourth-order valence-corrected chi connectivity index (χ4v) is 4.72. The van der Waals surface area contributed by atoms with Crippen molar-refractivity contribution >= 4 is 23.2 Å². The van der Waals surface area contributed by atoms with E-state index in [4.69, 9.17) is 5.73 Å². The minimum atomic E-state index is -0.763. The molecule has 0 unspecified atom stereocenters. The van der Waals surface area contributed by atoms with E-state index in [-0.39, 0.29) is 37.2 Å². The minimum absolute atomic E-state index is 0.206. The lowest BCUT2D eigenvalue weighted by Gasteiger charge is -2.22. The second-order valence-electron chi connectivity index (χ2n) is 8.02. The highest BCUT2D eigenvalue weighted by atomic mass is 32.1. The van der Waals surface area contributed by atoms with Gasteiger partial charge >= 0.3 is 0 Å². The molecular weight excluding hydrogens is 446 g/mol. The number of carbonyl (C=O) groups is 2. The van der Waals surface area contributed by atoms with Crippen LogP contribution in [0.15, 0.2) is 54.6 Å². The van der Waals surface area contributed by atoms with E-state index >= 15 is 0 Å². The number of aromatic nitrogens is 1. The molecule has 3 aromatic rings. The van der Waals surface area contributed by atoms with Crippen molar-refractivity contribution in [1.29, 1.82) is 5.26 Å². The molecule has 2 aromatic carbocycles. The highest BCUT2D eigenvalue weighted by molar-refractivity contribution is 7.15. The second-order valence-corrected chi connectivity index (χ2v) is 9.11. The lowest BCUT2D eigenvalue weighted by Crippen LogP contribution is -2.52. The number of carbonyl (C=O) groups excluding carboxylic acids is 2. The lowest BCUT2D eigenvalue weighted by atomic mass is 10.1. The fourth-order valence-electron chi connectivity index (χ4n) is 3.61. The molecule has 3 rings (SSSR count). The molecule has 0 aliphatic rings. The molecule has 34 heavy (non-hydrogen) atoms. The molecule has 0 aliphatic carbocycles. The van der Waals surface area contributed by atoms with Crippen LogP contribution in [-0.4, -0.2) is 35.4 Å². The Labute approximate surface area is 204 Å². The second kappa shape index (κ2) is 12.1. The average Bonchev–Trinajstić information content (AvgIpc) is 3.23. The van der Waals surface area contributed by atoms with E-state index in [0.29, 0.717) is 12.0 Å². The van der Waals surface area contributed by atoms with Crippen LogP contribution in [0, 0.1) is 18.3 Å². The molecular formula is C26H29N5O2S. The van der Waals surface area contributed by atoms with E-state index in [9.17, 15) is 14.9 Å². The van der Waals surface area contributed by atoms with Gasteiger partial charge in [0.05, 0.1) is 27.2 Å². The first-order chi connectivity index (χ1) is 16.4. The third-order valence-corrected chi connectivity index (χ3v) is 6.63. The molecule has 0 radical (unpaired) electrons. The zero-order chi connectivity index (χ0) is 24.5. The highest BCUT2D eigenvalue weighted by Gasteiger charge is 2.25. The summed E-state index contributed by atoms with van der Waals surface area (Å²) in [5, 5.41) is 15.8. The summed E-state index contributed by atoms with van der Waals surface area (Å²) in [5.41, 5.74) is 9.30.